The summed E-state index contributed by atoms with van der Waals surface area (Å²) < 4.78 is 46.4. The molecule has 182 valence electrons. The zero-order valence-corrected chi connectivity index (χ0v) is 19.4. The summed E-state index contributed by atoms with van der Waals surface area (Å²) in [6.45, 7) is 2.32. The van der Waals surface area contributed by atoms with E-state index in [1.165, 1.54) is 24.5 Å². The van der Waals surface area contributed by atoms with Gasteiger partial charge in [-0.05, 0) is 48.1 Å². The molecule has 0 radical (unpaired) electrons. The molecular formula is C23H25F3N4O3S. The van der Waals surface area contributed by atoms with Crippen molar-refractivity contribution in [3.05, 3.63) is 58.4 Å². The third-order valence-electron chi connectivity index (χ3n) is 5.00. The molecule has 0 atom stereocenters. The minimum absolute atomic E-state index is 0.0967. The molecule has 0 fully saturated rings. The molecule has 1 N–H and O–H groups in total. The van der Waals surface area contributed by atoms with Crippen LogP contribution in [0.3, 0.4) is 0 Å². The minimum Gasteiger partial charge on any atom is -0.493 e. The molecule has 0 bridgehead atoms. The number of rotatable bonds is 12. The van der Waals surface area contributed by atoms with E-state index < -0.39 is 16.7 Å². The van der Waals surface area contributed by atoms with E-state index in [9.17, 15) is 23.3 Å². The highest BCUT2D eigenvalue weighted by Gasteiger charge is 2.35. The average Bonchev–Trinajstić information content (AvgIpc) is 3.23. The molecule has 0 saturated carbocycles. The fourth-order valence-corrected chi connectivity index (χ4v) is 4.15. The number of anilines is 2. The van der Waals surface area contributed by atoms with Crippen molar-refractivity contribution in [1.82, 2.24) is 9.97 Å². The Hall–Kier alpha value is -3.21. The molecule has 0 amide bonds. The summed E-state index contributed by atoms with van der Waals surface area (Å²) in [7, 11) is 0. The number of aromatic nitrogens is 2. The lowest BCUT2D eigenvalue weighted by atomic mass is 10.1. The molecule has 0 aliphatic heterocycles. The Balaban J connectivity index is 1.75. The lowest BCUT2D eigenvalue weighted by Gasteiger charge is -2.15. The molecule has 2 heterocycles. The molecule has 2 aromatic heterocycles. The van der Waals surface area contributed by atoms with Crippen molar-refractivity contribution in [2.75, 3.05) is 11.9 Å². The highest BCUT2D eigenvalue weighted by molar-refractivity contribution is 7.19. The van der Waals surface area contributed by atoms with Crippen molar-refractivity contribution in [2.24, 2.45) is 0 Å². The van der Waals surface area contributed by atoms with Gasteiger partial charge in [-0.25, -0.2) is 4.98 Å². The summed E-state index contributed by atoms with van der Waals surface area (Å²) in [4.78, 5) is 19.0. The molecule has 0 spiro atoms. The van der Waals surface area contributed by atoms with E-state index in [2.05, 4.69) is 22.2 Å². The number of hydrogen-bond donors (Lipinski definition) is 1. The Morgan fingerprint density at radius 2 is 1.91 bits per heavy atom. The van der Waals surface area contributed by atoms with Crippen LogP contribution in [0.25, 0.3) is 11.3 Å². The normalized spacial score (nSPS) is 11.4. The number of unbranched alkanes of at least 4 members (excludes halogenated alkanes) is 5. The first kappa shape index (κ1) is 25.4. The number of thiazole rings is 1. The van der Waals surface area contributed by atoms with E-state index in [0.717, 1.165) is 49.5 Å². The molecule has 11 heteroatoms. The summed E-state index contributed by atoms with van der Waals surface area (Å²) in [5.74, 6) is -0.243. The van der Waals surface area contributed by atoms with Crippen LogP contribution in [0.4, 0.5) is 29.0 Å². The van der Waals surface area contributed by atoms with Gasteiger partial charge in [0.25, 0.3) is 0 Å². The summed E-state index contributed by atoms with van der Waals surface area (Å²) in [5.41, 5.74) is -0.281. The van der Waals surface area contributed by atoms with Crippen LogP contribution >= 0.6 is 11.3 Å². The average molecular weight is 495 g/mol. The molecule has 0 unspecified atom stereocenters. The smallest absolute Gasteiger partial charge is 0.420 e. The minimum atomic E-state index is -4.62. The fraction of sp³-hybridized carbons (Fsp3) is 0.391. The van der Waals surface area contributed by atoms with Crippen molar-refractivity contribution in [3.63, 3.8) is 0 Å². The summed E-state index contributed by atoms with van der Waals surface area (Å²) in [6.07, 6.45) is 4.35. The Morgan fingerprint density at radius 3 is 2.59 bits per heavy atom. The van der Waals surface area contributed by atoms with Crippen molar-refractivity contribution in [3.8, 4) is 17.0 Å². The van der Waals surface area contributed by atoms with Gasteiger partial charge in [-0.15, -0.1) is 0 Å². The van der Waals surface area contributed by atoms with Gasteiger partial charge in [0.15, 0.2) is 10.8 Å². The molecule has 34 heavy (non-hydrogen) atoms. The third kappa shape index (κ3) is 6.89. The number of nitro groups is 1. The SMILES string of the molecule is CCCCCCCCOc1ccc(Nc2nc(-c3cccnc3)c([N+](=O)[O-])s2)cc1C(F)(F)F. The molecule has 3 aromatic rings. The van der Waals surface area contributed by atoms with Crippen molar-refractivity contribution >= 4 is 27.2 Å². The molecule has 0 aliphatic carbocycles. The van der Waals surface area contributed by atoms with Crippen LogP contribution < -0.4 is 10.1 Å². The predicted molar refractivity (Wildman–Crippen MR) is 126 cm³/mol. The summed E-state index contributed by atoms with van der Waals surface area (Å²) in [5, 5.41) is 14.1. The van der Waals surface area contributed by atoms with Gasteiger partial charge in [0.05, 0.1) is 17.1 Å². The number of halogens is 3. The fourth-order valence-electron chi connectivity index (χ4n) is 3.32. The van der Waals surface area contributed by atoms with Crippen LogP contribution in [0, 0.1) is 10.1 Å². The number of hydrogen-bond acceptors (Lipinski definition) is 7. The van der Waals surface area contributed by atoms with Gasteiger partial charge in [0, 0.05) is 23.6 Å². The van der Waals surface area contributed by atoms with Gasteiger partial charge in [0.1, 0.15) is 5.75 Å². The van der Waals surface area contributed by atoms with Gasteiger partial charge in [-0.1, -0.05) is 39.0 Å². The number of nitrogens with one attached hydrogen (secondary N) is 1. The first-order valence-electron chi connectivity index (χ1n) is 11.0. The van der Waals surface area contributed by atoms with Crippen LogP contribution in [-0.4, -0.2) is 21.5 Å². The lowest BCUT2D eigenvalue weighted by molar-refractivity contribution is -0.379. The van der Waals surface area contributed by atoms with Crippen LogP contribution in [-0.2, 0) is 6.18 Å². The number of nitrogens with zero attached hydrogens (tertiary/aromatic N) is 3. The zero-order valence-electron chi connectivity index (χ0n) is 18.6. The van der Waals surface area contributed by atoms with Gasteiger partial charge in [-0.2, -0.15) is 13.2 Å². The first-order chi connectivity index (χ1) is 16.3. The number of benzene rings is 1. The number of ether oxygens (including phenoxy) is 1. The van der Waals surface area contributed by atoms with Crippen molar-refractivity contribution in [2.45, 2.75) is 51.6 Å². The van der Waals surface area contributed by atoms with Crippen LogP contribution in [0.5, 0.6) is 5.75 Å². The van der Waals surface area contributed by atoms with E-state index in [1.807, 2.05) is 0 Å². The van der Waals surface area contributed by atoms with Gasteiger partial charge >= 0.3 is 11.2 Å². The second kappa shape index (κ2) is 11.8. The molecule has 7 nitrogen and oxygen atoms in total. The maximum Gasteiger partial charge on any atom is 0.420 e. The number of pyridine rings is 1. The quantitative estimate of drug-likeness (QED) is 0.158. The van der Waals surface area contributed by atoms with Crippen LogP contribution in [0.1, 0.15) is 51.0 Å². The van der Waals surface area contributed by atoms with Crippen molar-refractivity contribution in [1.29, 1.82) is 0 Å². The molecule has 0 saturated heterocycles. The highest BCUT2D eigenvalue weighted by Crippen LogP contribution is 2.41. The summed E-state index contributed by atoms with van der Waals surface area (Å²) >= 11 is 0.738. The third-order valence-corrected chi connectivity index (χ3v) is 5.92. The molecule has 0 aliphatic rings. The predicted octanol–water partition coefficient (Wildman–Crippen LogP) is 7.62. The molecule has 1 aromatic carbocycles. The Morgan fingerprint density at radius 1 is 1.15 bits per heavy atom. The Kier molecular flexibility index (Phi) is 8.80. The summed E-state index contributed by atoms with van der Waals surface area (Å²) in [6, 6.07) is 6.85. The van der Waals surface area contributed by atoms with Crippen LogP contribution in [0.15, 0.2) is 42.7 Å². The van der Waals surface area contributed by atoms with Crippen molar-refractivity contribution < 1.29 is 22.8 Å². The Labute approximate surface area is 199 Å². The van der Waals surface area contributed by atoms with E-state index in [4.69, 9.17) is 4.74 Å². The first-order valence-corrected chi connectivity index (χ1v) is 11.8. The second-order valence-electron chi connectivity index (χ2n) is 7.62. The topological polar surface area (TPSA) is 90.2 Å². The maximum atomic E-state index is 13.7. The van der Waals surface area contributed by atoms with Crippen LogP contribution in [0.2, 0.25) is 0 Å². The van der Waals surface area contributed by atoms with E-state index in [1.54, 1.807) is 12.1 Å². The Bertz CT molecular complexity index is 1090. The van der Waals surface area contributed by atoms with E-state index in [0.29, 0.717) is 12.0 Å². The zero-order chi connectivity index (χ0) is 24.6. The molecule has 3 rings (SSSR count). The highest BCUT2D eigenvalue weighted by atomic mass is 32.1. The van der Waals surface area contributed by atoms with Gasteiger partial charge in [0.2, 0.25) is 0 Å². The second-order valence-corrected chi connectivity index (χ2v) is 8.60. The van der Waals surface area contributed by atoms with E-state index >= 15 is 0 Å². The maximum absolute atomic E-state index is 13.7. The van der Waals surface area contributed by atoms with Gasteiger partial charge in [-0.3, -0.25) is 15.1 Å². The van der Waals surface area contributed by atoms with E-state index in [-0.39, 0.29) is 33.9 Å². The monoisotopic (exact) mass is 494 g/mol. The standard InChI is InChI=1S/C23H25F3N4O3S/c1-2-3-4-5-6-7-13-33-19-11-10-17(14-18(19)23(24,25)26)28-22-29-20(21(34-22)30(31)32)16-9-8-12-27-15-16/h8-12,14-15H,2-7,13H2,1H3,(H,28,29). The van der Waals surface area contributed by atoms with Gasteiger partial charge < -0.3 is 10.1 Å². The number of alkyl halides is 3. The molecular weight excluding hydrogens is 469 g/mol. The lowest BCUT2D eigenvalue weighted by Crippen LogP contribution is -2.10. The largest absolute Gasteiger partial charge is 0.493 e.